The molecule has 0 saturated carbocycles. The smallest absolute Gasteiger partial charge is 0.406 e. The summed E-state index contributed by atoms with van der Waals surface area (Å²) in [6, 6.07) is 5.23. The zero-order valence-electron chi connectivity index (χ0n) is 8.50. The Labute approximate surface area is 91.2 Å². The maximum atomic E-state index is 11.9. The molecule has 0 fully saturated rings. The van der Waals surface area contributed by atoms with Crippen molar-refractivity contribution >= 4 is 0 Å². The summed E-state index contributed by atoms with van der Waals surface area (Å²) in [5.41, 5.74) is 11.6. The molecule has 1 unspecified atom stereocenters. The number of hydrogen-bond donors (Lipinski definition) is 2. The predicted molar refractivity (Wildman–Crippen MR) is 53.7 cm³/mol. The summed E-state index contributed by atoms with van der Waals surface area (Å²) in [4.78, 5) is 0. The molecule has 3 nitrogen and oxygen atoms in total. The molecule has 6 heteroatoms. The maximum absolute atomic E-state index is 11.9. The Morgan fingerprint density at radius 1 is 1.31 bits per heavy atom. The van der Waals surface area contributed by atoms with Crippen LogP contribution in [0.3, 0.4) is 0 Å². The highest BCUT2D eigenvalue weighted by Gasteiger charge is 2.31. The van der Waals surface area contributed by atoms with Crippen molar-refractivity contribution in [1.29, 1.82) is 0 Å². The molecule has 16 heavy (non-hydrogen) atoms. The van der Waals surface area contributed by atoms with Gasteiger partial charge in [-0.2, -0.15) is 0 Å². The lowest BCUT2D eigenvalue weighted by atomic mass is 10.0. The second-order valence-electron chi connectivity index (χ2n) is 3.30. The summed E-state index contributed by atoms with van der Waals surface area (Å²) in [5.74, 6) is -0.266. The topological polar surface area (TPSA) is 61.3 Å². The minimum Gasteiger partial charge on any atom is -0.406 e. The minimum atomic E-state index is -4.68. The first-order valence-electron chi connectivity index (χ1n) is 4.74. The molecule has 4 N–H and O–H groups in total. The lowest BCUT2D eigenvalue weighted by Crippen LogP contribution is -2.18. The Morgan fingerprint density at radius 2 is 2.00 bits per heavy atom. The highest BCUT2D eigenvalue weighted by Crippen LogP contribution is 2.25. The summed E-state index contributed by atoms with van der Waals surface area (Å²) in [7, 11) is 0. The van der Waals surface area contributed by atoms with E-state index < -0.39 is 6.36 Å². The summed E-state index contributed by atoms with van der Waals surface area (Å²) < 4.78 is 39.6. The van der Waals surface area contributed by atoms with Gasteiger partial charge < -0.3 is 16.2 Å². The Bertz CT molecular complexity index is 341. The van der Waals surface area contributed by atoms with Crippen molar-refractivity contribution in [2.45, 2.75) is 18.8 Å². The van der Waals surface area contributed by atoms with Crippen LogP contribution in [-0.2, 0) is 0 Å². The molecule has 0 amide bonds. The zero-order chi connectivity index (χ0) is 12.2. The molecule has 0 heterocycles. The van der Waals surface area contributed by atoms with Crippen LogP contribution in [-0.4, -0.2) is 12.9 Å². The highest BCUT2D eigenvalue weighted by atomic mass is 19.4. The molecule has 0 saturated heterocycles. The van der Waals surface area contributed by atoms with Crippen molar-refractivity contribution in [1.82, 2.24) is 0 Å². The summed E-state index contributed by atoms with van der Waals surface area (Å²) in [6.07, 6.45) is -4.17. The Morgan fingerprint density at radius 3 is 2.56 bits per heavy atom. The molecular weight excluding hydrogens is 221 g/mol. The fourth-order valence-corrected chi connectivity index (χ4v) is 1.29. The summed E-state index contributed by atoms with van der Waals surface area (Å²) in [5, 5.41) is 0. The molecule has 0 aliphatic heterocycles. The van der Waals surface area contributed by atoms with Crippen molar-refractivity contribution in [2.24, 2.45) is 11.5 Å². The fourth-order valence-electron chi connectivity index (χ4n) is 1.29. The van der Waals surface area contributed by atoms with E-state index in [2.05, 4.69) is 4.74 Å². The van der Waals surface area contributed by atoms with E-state index in [0.29, 0.717) is 18.5 Å². The van der Waals surface area contributed by atoms with Crippen LogP contribution in [0.5, 0.6) is 5.75 Å². The molecule has 1 aromatic carbocycles. The van der Waals surface area contributed by atoms with E-state index in [1.54, 1.807) is 6.07 Å². The molecule has 0 bridgehead atoms. The predicted octanol–water partition coefficient (Wildman–Crippen LogP) is 1.93. The van der Waals surface area contributed by atoms with Gasteiger partial charge in [0.15, 0.2) is 0 Å². The van der Waals surface area contributed by atoms with Crippen LogP contribution in [0.2, 0.25) is 0 Å². The third-order valence-electron chi connectivity index (χ3n) is 2.00. The van der Waals surface area contributed by atoms with Gasteiger partial charge in [-0.15, -0.1) is 13.2 Å². The second kappa shape index (κ2) is 5.18. The molecule has 0 aliphatic carbocycles. The number of halogens is 3. The van der Waals surface area contributed by atoms with E-state index in [1.807, 2.05) is 0 Å². The van der Waals surface area contributed by atoms with Crippen LogP contribution >= 0.6 is 0 Å². The van der Waals surface area contributed by atoms with Gasteiger partial charge in [-0.1, -0.05) is 12.1 Å². The molecule has 1 atom stereocenters. The van der Waals surface area contributed by atoms with E-state index in [1.165, 1.54) is 18.2 Å². The van der Waals surface area contributed by atoms with Gasteiger partial charge >= 0.3 is 6.36 Å². The molecule has 90 valence electrons. The number of rotatable bonds is 4. The molecule has 0 radical (unpaired) electrons. The lowest BCUT2D eigenvalue weighted by molar-refractivity contribution is -0.274. The van der Waals surface area contributed by atoms with Crippen LogP contribution in [0.25, 0.3) is 0 Å². The average Bonchev–Trinajstić information content (AvgIpc) is 2.16. The molecule has 0 aromatic heterocycles. The van der Waals surface area contributed by atoms with Gasteiger partial charge in [0, 0.05) is 6.04 Å². The number of ether oxygens (including phenoxy) is 1. The fraction of sp³-hybridized carbons (Fsp3) is 0.400. The van der Waals surface area contributed by atoms with Crippen molar-refractivity contribution in [3.05, 3.63) is 29.8 Å². The van der Waals surface area contributed by atoms with Gasteiger partial charge in [-0.3, -0.25) is 0 Å². The third kappa shape index (κ3) is 4.08. The van der Waals surface area contributed by atoms with Crippen LogP contribution in [0, 0.1) is 0 Å². The SMILES string of the molecule is NCCC(N)c1cccc(OC(F)(F)F)c1. The van der Waals surface area contributed by atoms with Crippen molar-refractivity contribution in [3.8, 4) is 5.75 Å². The van der Waals surface area contributed by atoms with Gasteiger partial charge in [-0.05, 0) is 30.7 Å². The third-order valence-corrected chi connectivity index (χ3v) is 2.00. The molecule has 1 rings (SSSR count). The number of nitrogens with two attached hydrogens (primary N) is 2. The van der Waals surface area contributed by atoms with Gasteiger partial charge in [0.1, 0.15) is 5.75 Å². The standard InChI is InChI=1S/C10H13F3N2O/c11-10(12,13)16-8-3-1-2-7(6-8)9(15)4-5-14/h1-3,6,9H,4-5,14-15H2. The van der Waals surface area contributed by atoms with Crippen LogP contribution in [0.4, 0.5) is 13.2 Å². The van der Waals surface area contributed by atoms with Crippen LogP contribution < -0.4 is 16.2 Å². The number of hydrogen-bond acceptors (Lipinski definition) is 3. The summed E-state index contributed by atoms with van der Waals surface area (Å²) >= 11 is 0. The number of alkyl halides is 3. The number of benzene rings is 1. The highest BCUT2D eigenvalue weighted by molar-refractivity contribution is 5.30. The first kappa shape index (κ1) is 12.8. The van der Waals surface area contributed by atoms with E-state index in [4.69, 9.17) is 11.5 Å². The van der Waals surface area contributed by atoms with E-state index >= 15 is 0 Å². The molecule has 0 spiro atoms. The van der Waals surface area contributed by atoms with Crippen molar-refractivity contribution in [3.63, 3.8) is 0 Å². The normalized spacial score (nSPS) is 13.6. The van der Waals surface area contributed by atoms with Crippen LogP contribution in [0.15, 0.2) is 24.3 Å². The van der Waals surface area contributed by atoms with Gasteiger partial charge in [0.25, 0.3) is 0 Å². The largest absolute Gasteiger partial charge is 0.573 e. The first-order valence-corrected chi connectivity index (χ1v) is 4.74. The monoisotopic (exact) mass is 234 g/mol. The molecule has 0 aliphatic rings. The second-order valence-corrected chi connectivity index (χ2v) is 3.30. The van der Waals surface area contributed by atoms with E-state index in [9.17, 15) is 13.2 Å². The zero-order valence-corrected chi connectivity index (χ0v) is 8.50. The molecular formula is C10H13F3N2O. The van der Waals surface area contributed by atoms with Crippen LogP contribution in [0.1, 0.15) is 18.0 Å². The minimum absolute atomic E-state index is 0.266. The quantitative estimate of drug-likeness (QED) is 0.836. The Balaban J connectivity index is 2.78. The summed E-state index contributed by atoms with van der Waals surface area (Å²) in [6.45, 7) is 0.380. The average molecular weight is 234 g/mol. The molecule has 1 aromatic rings. The maximum Gasteiger partial charge on any atom is 0.573 e. The van der Waals surface area contributed by atoms with Gasteiger partial charge in [-0.25, -0.2) is 0 Å². The lowest BCUT2D eigenvalue weighted by Gasteiger charge is -2.13. The Kier molecular flexibility index (Phi) is 4.14. The van der Waals surface area contributed by atoms with Gasteiger partial charge in [0.05, 0.1) is 0 Å². The van der Waals surface area contributed by atoms with E-state index in [-0.39, 0.29) is 11.8 Å². The van der Waals surface area contributed by atoms with Gasteiger partial charge in [0.2, 0.25) is 0 Å². The first-order chi connectivity index (χ1) is 7.42. The Hall–Kier alpha value is -1.27. The van der Waals surface area contributed by atoms with Crippen molar-refractivity contribution < 1.29 is 17.9 Å². The van der Waals surface area contributed by atoms with Crippen molar-refractivity contribution in [2.75, 3.05) is 6.54 Å². The van der Waals surface area contributed by atoms with E-state index in [0.717, 1.165) is 0 Å².